The fourth-order valence-electron chi connectivity index (χ4n) is 3.62. The maximum absolute atomic E-state index is 13.3. The first-order valence-corrected chi connectivity index (χ1v) is 9.55. The maximum Gasteiger partial charge on any atom is 0.337 e. The van der Waals surface area contributed by atoms with Crippen LogP contribution in [0.25, 0.3) is 15.9 Å². The molecule has 0 aliphatic heterocycles. The van der Waals surface area contributed by atoms with Gasteiger partial charge in [0.1, 0.15) is 17.1 Å². The van der Waals surface area contributed by atoms with Crippen LogP contribution in [0.2, 0.25) is 0 Å². The van der Waals surface area contributed by atoms with E-state index < -0.39 is 11.6 Å². The average molecular weight is 385 g/mol. The summed E-state index contributed by atoms with van der Waals surface area (Å²) in [4.78, 5) is 39.6. The fourth-order valence-corrected chi connectivity index (χ4v) is 5.00. The van der Waals surface area contributed by atoms with Crippen molar-refractivity contribution in [1.82, 2.24) is 9.13 Å². The molecule has 1 aliphatic rings. The third-order valence-electron chi connectivity index (χ3n) is 4.88. The number of ether oxygens (including phenoxy) is 1. The molecule has 0 fully saturated rings. The van der Waals surface area contributed by atoms with Gasteiger partial charge in [-0.1, -0.05) is 0 Å². The second-order valence-corrected chi connectivity index (χ2v) is 7.65. The molecule has 2 N–H and O–H groups in total. The molecule has 1 amide bonds. The van der Waals surface area contributed by atoms with Gasteiger partial charge in [-0.2, -0.15) is 0 Å². The van der Waals surface area contributed by atoms with E-state index in [1.807, 2.05) is 0 Å². The van der Waals surface area contributed by atoms with Crippen molar-refractivity contribution in [1.29, 1.82) is 0 Å². The first-order chi connectivity index (χ1) is 13.0. The molecule has 2 aromatic heterocycles. The molecule has 8 heteroatoms. The lowest BCUT2D eigenvalue weighted by Gasteiger charge is -2.13. The minimum Gasteiger partial charge on any atom is -0.497 e. The van der Waals surface area contributed by atoms with Gasteiger partial charge in [-0.15, -0.1) is 11.3 Å². The fraction of sp³-hybridized carbons (Fsp3) is 0.316. The Hall–Kier alpha value is -2.87. The molecule has 1 aliphatic carbocycles. The molecule has 140 valence electrons. The van der Waals surface area contributed by atoms with Crippen LogP contribution in [0.5, 0.6) is 5.75 Å². The number of nitrogens with zero attached hydrogens (tertiary/aromatic N) is 2. The number of thiophene rings is 1. The van der Waals surface area contributed by atoms with Gasteiger partial charge in [0.2, 0.25) is 5.91 Å². The zero-order valence-electron chi connectivity index (χ0n) is 14.9. The van der Waals surface area contributed by atoms with E-state index in [2.05, 4.69) is 0 Å². The number of methoxy groups -OCH3 is 1. The Morgan fingerprint density at radius 2 is 1.89 bits per heavy atom. The Morgan fingerprint density at radius 3 is 2.56 bits per heavy atom. The molecule has 2 heterocycles. The predicted molar refractivity (Wildman–Crippen MR) is 104 cm³/mol. The molecule has 0 saturated carbocycles. The topological polar surface area (TPSA) is 96.3 Å². The minimum absolute atomic E-state index is 0.259. The van der Waals surface area contributed by atoms with Gasteiger partial charge >= 0.3 is 5.69 Å². The smallest absolute Gasteiger partial charge is 0.337 e. The number of fused-ring (bicyclic) bond motifs is 3. The highest BCUT2D eigenvalue weighted by molar-refractivity contribution is 7.18. The summed E-state index contributed by atoms with van der Waals surface area (Å²) < 4.78 is 7.59. The molecule has 0 saturated heterocycles. The van der Waals surface area contributed by atoms with E-state index in [1.54, 1.807) is 31.4 Å². The number of benzene rings is 1. The number of aryl methyl sites for hydroxylation is 2. The number of aromatic nitrogens is 2. The molecule has 0 unspecified atom stereocenters. The van der Waals surface area contributed by atoms with E-state index in [4.69, 9.17) is 10.5 Å². The molecular weight excluding hydrogens is 366 g/mol. The van der Waals surface area contributed by atoms with Crippen LogP contribution in [0.3, 0.4) is 0 Å². The standard InChI is InChI=1S/C19H19N3O4S/c1-26-12-8-6-11(7-9-12)22-17(24)16-13-4-2-3-5-14(13)27-18(16)21(19(22)25)10-15(20)23/h6-9H,2-5,10H2,1H3,(H2,20,23). The third-order valence-corrected chi connectivity index (χ3v) is 6.20. The van der Waals surface area contributed by atoms with Crippen LogP contribution in [0, 0.1) is 0 Å². The van der Waals surface area contributed by atoms with Gasteiger partial charge in [-0.05, 0) is 55.5 Å². The highest BCUT2D eigenvalue weighted by Crippen LogP contribution is 2.34. The Kier molecular flexibility index (Phi) is 4.35. The zero-order chi connectivity index (χ0) is 19.1. The van der Waals surface area contributed by atoms with E-state index >= 15 is 0 Å². The van der Waals surface area contributed by atoms with E-state index in [0.717, 1.165) is 40.7 Å². The van der Waals surface area contributed by atoms with E-state index in [0.29, 0.717) is 21.7 Å². The minimum atomic E-state index is -0.621. The number of primary amides is 1. The first kappa shape index (κ1) is 17.5. The zero-order valence-corrected chi connectivity index (χ0v) is 15.7. The van der Waals surface area contributed by atoms with Crippen LogP contribution in [-0.4, -0.2) is 22.2 Å². The van der Waals surface area contributed by atoms with Crippen molar-refractivity contribution < 1.29 is 9.53 Å². The molecule has 0 spiro atoms. The second kappa shape index (κ2) is 6.70. The SMILES string of the molecule is COc1ccc(-n2c(=O)c3c4c(sc3n(CC(N)=O)c2=O)CCCC4)cc1. The van der Waals surface area contributed by atoms with Crippen molar-refractivity contribution in [3.05, 3.63) is 55.5 Å². The molecule has 4 rings (SSSR count). The van der Waals surface area contributed by atoms with E-state index in [9.17, 15) is 14.4 Å². The largest absolute Gasteiger partial charge is 0.497 e. The highest BCUT2D eigenvalue weighted by atomic mass is 32.1. The quantitative estimate of drug-likeness (QED) is 0.738. The molecule has 27 heavy (non-hydrogen) atoms. The Labute approximate surface area is 158 Å². The maximum atomic E-state index is 13.3. The number of carbonyl (C=O) groups is 1. The third kappa shape index (κ3) is 2.86. The Balaban J connectivity index is 2.07. The summed E-state index contributed by atoms with van der Waals surface area (Å²) in [5.41, 5.74) is 5.90. The number of amides is 1. The summed E-state index contributed by atoms with van der Waals surface area (Å²) in [5.74, 6) is 0.00273. The number of rotatable bonds is 4. The van der Waals surface area contributed by atoms with Crippen molar-refractivity contribution in [3.8, 4) is 11.4 Å². The van der Waals surface area contributed by atoms with Crippen molar-refractivity contribution in [2.24, 2.45) is 5.73 Å². The summed E-state index contributed by atoms with van der Waals surface area (Å²) in [6.45, 7) is -0.259. The average Bonchev–Trinajstić information content (AvgIpc) is 3.05. The number of nitrogens with two attached hydrogens (primary N) is 1. The molecule has 0 bridgehead atoms. The van der Waals surface area contributed by atoms with Gasteiger partial charge in [-0.25, -0.2) is 9.36 Å². The molecule has 0 radical (unpaired) electrons. The van der Waals surface area contributed by atoms with E-state index in [-0.39, 0.29) is 12.1 Å². The van der Waals surface area contributed by atoms with Gasteiger partial charge in [0.15, 0.2) is 0 Å². The lowest BCUT2D eigenvalue weighted by atomic mass is 9.97. The van der Waals surface area contributed by atoms with Gasteiger partial charge in [-0.3, -0.25) is 14.2 Å². The lowest BCUT2D eigenvalue weighted by Crippen LogP contribution is -2.40. The number of hydrogen-bond acceptors (Lipinski definition) is 5. The number of carbonyl (C=O) groups excluding carboxylic acids is 1. The summed E-state index contributed by atoms with van der Waals surface area (Å²) >= 11 is 1.43. The monoisotopic (exact) mass is 385 g/mol. The van der Waals surface area contributed by atoms with Crippen LogP contribution < -0.4 is 21.7 Å². The van der Waals surface area contributed by atoms with Crippen LogP contribution in [0.1, 0.15) is 23.3 Å². The summed E-state index contributed by atoms with van der Waals surface area (Å²) in [6.07, 6.45) is 3.77. The van der Waals surface area contributed by atoms with Crippen LogP contribution in [0.4, 0.5) is 0 Å². The first-order valence-electron chi connectivity index (χ1n) is 8.74. The van der Waals surface area contributed by atoms with Gasteiger partial charge in [0.05, 0.1) is 18.2 Å². The summed E-state index contributed by atoms with van der Waals surface area (Å²) in [7, 11) is 1.55. The van der Waals surface area contributed by atoms with Gasteiger partial charge in [0.25, 0.3) is 5.56 Å². The van der Waals surface area contributed by atoms with Crippen LogP contribution in [-0.2, 0) is 24.2 Å². The Morgan fingerprint density at radius 1 is 1.19 bits per heavy atom. The number of hydrogen-bond donors (Lipinski definition) is 1. The van der Waals surface area contributed by atoms with Crippen molar-refractivity contribution in [3.63, 3.8) is 0 Å². The van der Waals surface area contributed by atoms with Crippen LogP contribution >= 0.6 is 11.3 Å². The molecular formula is C19H19N3O4S. The normalized spacial score (nSPS) is 13.5. The Bertz CT molecular complexity index is 1150. The molecule has 1 aromatic carbocycles. The lowest BCUT2D eigenvalue weighted by molar-refractivity contribution is -0.118. The van der Waals surface area contributed by atoms with Crippen molar-refractivity contribution >= 4 is 27.5 Å². The van der Waals surface area contributed by atoms with Gasteiger partial charge in [0, 0.05) is 4.88 Å². The molecule has 0 atom stereocenters. The highest BCUT2D eigenvalue weighted by Gasteiger charge is 2.24. The van der Waals surface area contributed by atoms with Gasteiger partial charge < -0.3 is 10.5 Å². The summed E-state index contributed by atoms with van der Waals surface area (Å²) in [6, 6.07) is 6.68. The second-order valence-electron chi connectivity index (χ2n) is 6.56. The molecule has 7 nitrogen and oxygen atoms in total. The van der Waals surface area contributed by atoms with E-state index in [1.165, 1.54) is 15.9 Å². The van der Waals surface area contributed by atoms with Crippen molar-refractivity contribution in [2.75, 3.05) is 7.11 Å². The van der Waals surface area contributed by atoms with Crippen LogP contribution in [0.15, 0.2) is 33.9 Å². The molecule has 3 aromatic rings. The summed E-state index contributed by atoms with van der Waals surface area (Å²) in [5, 5.41) is 0.534. The predicted octanol–water partition coefficient (Wildman–Crippen LogP) is 1.59. The van der Waals surface area contributed by atoms with Crippen molar-refractivity contribution in [2.45, 2.75) is 32.2 Å².